The molecule has 0 saturated carbocycles. The first-order chi connectivity index (χ1) is 9.41. The SMILES string of the molecule is B.CC1COc2c(F)c(F)cc3c(=O)c(C(=O)O)cn1c23.F.F. The van der Waals surface area contributed by atoms with Gasteiger partial charge >= 0.3 is 5.97 Å². The lowest BCUT2D eigenvalue weighted by Crippen LogP contribution is -2.27. The summed E-state index contributed by atoms with van der Waals surface area (Å²) in [6.07, 6.45) is 1.14. The van der Waals surface area contributed by atoms with Crippen molar-refractivity contribution >= 4 is 25.3 Å². The summed E-state index contributed by atoms with van der Waals surface area (Å²) in [6, 6.07) is 0.412. The molecule has 0 amide bonds. The van der Waals surface area contributed by atoms with Crippen LogP contribution >= 0.6 is 0 Å². The number of hydrogen-bond donors (Lipinski definition) is 1. The van der Waals surface area contributed by atoms with E-state index in [2.05, 4.69) is 0 Å². The number of aromatic carboxylic acids is 1. The Morgan fingerprint density at radius 3 is 2.57 bits per heavy atom. The average molecular weight is 335 g/mol. The normalized spacial score (nSPS) is 14.8. The van der Waals surface area contributed by atoms with Crippen LogP contribution in [0.15, 0.2) is 17.1 Å². The third-order valence-corrected chi connectivity index (χ3v) is 3.34. The predicted octanol–water partition coefficient (Wildman–Crippen LogP) is 1.05. The van der Waals surface area contributed by atoms with Gasteiger partial charge in [0.1, 0.15) is 12.2 Å². The molecule has 1 aliphatic heterocycles. The summed E-state index contributed by atoms with van der Waals surface area (Å²) in [7, 11) is 0. The van der Waals surface area contributed by atoms with E-state index in [1.165, 1.54) is 4.57 Å². The van der Waals surface area contributed by atoms with Gasteiger partial charge in [-0.15, -0.1) is 0 Å². The molecule has 0 spiro atoms. The zero-order chi connectivity index (χ0) is 14.6. The molecule has 10 heteroatoms. The molecular formula is C13H14BF4NO4. The summed E-state index contributed by atoms with van der Waals surface area (Å²) in [6.45, 7) is 1.78. The minimum absolute atomic E-state index is 0. The number of rotatable bonds is 1. The summed E-state index contributed by atoms with van der Waals surface area (Å²) >= 11 is 0. The maximum atomic E-state index is 13.7. The number of aromatic nitrogens is 1. The van der Waals surface area contributed by atoms with Crippen molar-refractivity contribution in [1.82, 2.24) is 4.57 Å². The Labute approximate surface area is 128 Å². The van der Waals surface area contributed by atoms with Crippen LogP contribution in [0.25, 0.3) is 10.9 Å². The molecule has 1 aromatic heterocycles. The zero-order valence-electron chi connectivity index (χ0n) is 11.1. The van der Waals surface area contributed by atoms with Crippen LogP contribution in [0, 0.1) is 11.6 Å². The fraction of sp³-hybridized carbons (Fsp3) is 0.231. The first-order valence-electron chi connectivity index (χ1n) is 5.84. The van der Waals surface area contributed by atoms with Crippen LogP contribution in [0.4, 0.5) is 18.2 Å². The first-order valence-corrected chi connectivity index (χ1v) is 5.84. The Morgan fingerprint density at radius 1 is 1.39 bits per heavy atom. The highest BCUT2D eigenvalue weighted by Crippen LogP contribution is 2.35. The molecule has 126 valence electrons. The standard InChI is InChI=1S/C13H9F2NO4.BH3.2FH/c1-5-4-20-12-9(15)8(14)2-6-10(12)16(5)3-7(11(6)17)13(18)19;;;/h2-3,5H,4H2,1H3,(H,18,19);1H3;2*1H. The van der Waals surface area contributed by atoms with E-state index in [1.54, 1.807) is 6.92 Å². The van der Waals surface area contributed by atoms with E-state index < -0.39 is 28.6 Å². The van der Waals surface area contributed by atoms with Gasteiger partial charge in [0.15, 0.2) is 11.6 Å². The smallest absolute Gasteiger partial charge is 0.341 e. The van der Waals surface area contributed by atoms with Crippen molar-refractivity contribution in [1.29, 1.82) is 0 Å². The van der Waals surface area contributed by atoms with E-state index in [0.29, 0.717) is 6.07 Å². The Hall–Kier alpha value is -2.52. The predicted molar refractivity (Wildman–Crippen MR) is 80.2 cm³/mol. The summed E-state index contributed by atoms with van der Waals surface area (Å²) < 4.78 is 33.8. The summed E-state index contributed by atoms with van der Waals surface area (Å²) in [4.78, 5) is 23.1. The monoisotopic (exact) mass is 335 g/mol. The molecule has 2 aromatic rings. The quantitative estimate of drug-likeness (QED) is 0.625. The van der Waals surface area contributed by atoms with E-state index in [9.17, 15) is 18.4 Å². The lowest BCUT2D eigenvalue weighted by molar-refractivity contribution is 0.0694. The largest absolute Gasteiger partial charge is 0.486 e. The molecule has 0 saturated heterocycles. The maximum Gasteiger partial charge on any atom is 0.341 e. The number of pyridine rings is 1. The van der Waals surface area contributed by atoms with Gasteiger partial charge in [0, 0.05) is 6.20 Å². The van der Waals surface area contributed by atoms with Crippen LogP contribution in [-0.4, -0.2) is 30.7 Å². The summed E-state index contributed by atoms with van der Waals surface area (Å²) in [5, 5.41) is 8.83. The van der Waals surface area contributed by atoms with Gasteiger partial charge in [0.05, 0.1) is 25.4 Å². The Kier molecular flexibility index (Phi) is 5.98. The van der Waals surface area contributed by atoms with E-state index in [4.69, 9.17) is 9.84 Å². The maximum absolute atomic E-state index is 13.7. The van der Waals surface area contributed by atoms with Crippen molar-refractivity contribution in [3.63, 3.8) is 0 Å². The van der Waals surface area contributed by atoms with E-state index in [1.807, 2.05) is 0 Å². The number of halogens is 4. The lowest BCUT2D eigenvalue weighted by Gasteiger charge is -2.27. The number of nitrogens with zero attached hydrogens (tertiary/aromatic N) is 1. The number of carbonyl (C=O) groups is 1. The highest BCUT2D eigenvalue weighted by atomic mass is 19.2. The van der Waals surface area contributed by atoms with E-state index in [-0.39, 0.29) is 47.1 Å². The molecule has 23 heavy (non-hydrogen) atoms. The number of benzene rings is 1. The van der Waals surface area contributed by atoms with Crippen molar-refractivity contribution in [2.45, 2.75) is 13.0 Å². The lowest BCUT2D eigenvalue weighted by atomic mass is 10.1. The van der Waals surface area contributed by atoms with Crippen molar-refractivity contribution in [2.75, 3.05) is 6.61 Å². The molecule has 0 radical (unpaired) electrons. The average Bonchev–Trinajstić information content (AvgIpc) is 2.39. The molecule has 0 aliphatic carbocycles. The van der Waals surface area contributed by atoms with Crippen molar-refractivity contribution in [3.05, 3.63) is 39.7 Å². The van der Waals surface area contributed by atoms with Gasteiger partial charge in [-0.2, -0.15) is 4.39 Å². The molecule has 2 heterocycles. The second-order valence-electron chi connectivity index (χ2n) is 4.64. The van der Waals surface area contributed by atoms with Crippen molar-refractivity contribution < 1.29 is 32.8 Å². The number of carboxylic acids is 1. The molecule has 1 atom stereocenters. The minimum atomic E-state index is -1.41. The third kappa shape index (κ3) is 2.76. The molecular weight excluding hydrogens is 321 g/mol. The van der Waals surface area contributed by atoms with Crippen LogP contribution in [0.2, 0.25) is 0 Å². The summed E-state index contributed by atoms with van der Waals surface area (Å²) in [5.74, 6) is -4.19. The van der Waals surface area contributed by atoms with Crippen LogP contribution in [0.3, 0.4) is 0 Å². The van der Waals surface area contributed by atoms with Crippen molar-refractivity contribution in [2.24, 2.45) is 0 Å². The molecule has 1 unspecified atom stereocenters. The molecule has 5 nitrogen and oxygen atoms in total. The van der Waals surface area contributed by atoms with Gasteiger partial charge in [-0.05, 0) is 13.0 Å². The van der Waals surface area contributed by atoms with Crippen molar-refractivity contribution in [3.8, 4) is 5.75 Å². The zero-order valence-corrected chi connectivity index (χ0v) is 11.1. The second-order valence-corrected chi connectivity index (χ2v) is 4.64. The minimum Gasteiger partial charge on any atom is -0.486 e. The molecule has 1 aliphatic rings. The highest BCUT2D eigenvalue weighted by molar-refractivity contribution is 5.94. The van der Waals surface area contributed by atoms with Gasteiger partial charge < -0.3 is 14.4 Å². The van der Waals surface area contributed by atoms with E-state index >= 15 is 0 Å². The van der Waals surface area contributed by atoms with Crippen LogP contribution < -0.4 is 10.2 Å². The van der Waals surface area contributed by atoms with Crippen LogP contribution in [-0.2, 0) is 0 Å². The fourth-order valence-electron chi connectivity index (χ4n) is 2.35. The fourth-order valence-corrected chi connectivity index (χ4v) is 2.35. The molecule has 0 fully saturated rings. The van der Waals surface area contributed by atoms with Gasteiger partial charge in [-0.3, -0.25) is 14.2 Å². The second kappa shape index (κ2) is 6.72. The molecule has 0 bridgehead atoms. The summed E-state index contributed by atoms with van der Waals surface area (Å²) in [5.41, 5.74) is -1.26. The van der Waals surface area contributed by atoms with E-state index in [0.717, 1.165) is 6.20 Å². The molecule has 1 N–H and O–H groups in total. The van der Waals surface area contributed by atoms with Crippen LogP contribution in [0.5, 0.6) is 5.75 Å². The topological polar surface area (TPSA) is 68.5 Å². The number of ether oxygens (including phenoxy) is 1. The van der Waals surface area contributed by atoms with Gasteiger partial charge in [-0.25, -0.2) is 9.18 Å². The Bertz CT molecular complexity index is 824. The van der Waals surface area contributed by atoms with Gasteiger partial charge in [0.2, 0.25) is 11.2 Å². The Morgan fingerprint density at radius 2 is 2.00 bits per heavy atom. The third-order valence-electron chi connectivity index (χ3n) is 3.34. The molecule has 3 rings (SSSR count). The Balaban J connectivity index is 0.00000161. The first kappa shape index (κ1) is 20.5. The molecule has 1 aromatic carbocycles. The highest BCUT2D eigenvalue weighted by Gasteiger charge is 2.27. The van der Waals surface area contributed by atoms with Gasteiger partial charge in [-0.1, -0.05) is 0 Å². The van der Waals surface area contributed by atoms with Gasteiger partial charge in [0.25, 0.3) is 0 Å². The number of carboxylic acid groups (broad SMARTS) is 1. The number of hydrogen-bond acceptors (Lipinski definition) is 3. The van der Waals surface area contributed by atoms with Crippen LogP contribution in [0.1, 0.15) is 23.3 Å².